The summed E-state index contributed by atoms with van der Waals surface area (Å²) < 4.78 is 9.07. The molecule has 0 spiro atoms. The van der Waals surface area contributed by atoms with Gasteiger partial charge in [-0.25, -0.2) is 14.6 Å². The van der Waals surface area contributed by atoms with Gasteiger partial charge in [-0.05, 0) is 19.9 Å². The third kappa shape index (κ3) is 3.86. The van der Waals surface area contributed by atoms with Gasteiger partial charge in [0, 0.05) is 24.8 Å². The lowest BCUT2D eigenvalue weighted by molar-refractivity contribution is -0.00214. The van der Waals surface area contributed by atoms with Crippen molar-refractivity contribution in [1.29, 1.82) is 0 Å². The van der Waals surface area contributed by atoms with Crippen LogP contribution in [0.2, 0.25) is 0 Å². The van der Waals surface area contributed by atoms with Crippen molar-refractivity contribution in [2.45, 2.75) is 33.2 Å². The lowest BCUT2D eigenvalue weighted by Crippen LogP contribution is -2.45. The van der Waals surface area contributed by atoms with Crippen molar-refractivity contribution in [2.24, 2.45) is 0 Å². The molecule has 1 atom stereocenters. The number of H-pyrrole nitrogens is 1. The monoisotopic (exact) mass is 499 g/mol. The maximum atomic E-state index is 13.6. The molecule has 1 aliphatic heterocycles. The Bertz CT molecular complexity index is 1630. The summed E-state index contributed by atoms with van der Waals surface area (Å²) in [5.74, 6) is 2.49. The number of aliphatic hydroxyl groups is 1. The summed E-state index contributed by atoms with van der Waals surface area (Å²) >= 11 is 0. The number of aryl methyl sites for hydroxylation is 2. The number of hydrogen-bond acceptors (Lipinski definition) is 9. The van der Waals surface area contributed by atoms with Gasteiger partial charge in [-0.1, -0.05) is 23.8 Å². The Balaban J connectivity index is 1.30. The van der Waals surface area contributed by atoms with Gasteiger partial charge < -0.3 is 19.4 Å². The van der Waals surface area contributed by atoms with E-state index < -0.39 is 12.0 Å². The molecule has 1 unspecified atom stereocenters. The Hall–Kier alpha value is -4.42. The van der Waals surface area contributed by atoms with E-state index in [1.54, 1.807) is 24.3 Å². The van der Waals surface area contributed by atoms with Gasteiger partial charge in [-0.3, -0.25) is 9.69 Å². The van der Waals surface area contributed by atoms with Crippen molar-refractivity contribution in [3.05, 3.63) is 65.8 Å². The van der Waals surface area contributed by atoms with Gasteiger partial charge in [0.1, 0.15) is 23.7 Å². The molecule has 5 aromatic rings. The molecule has 2 N–H and O–H groups in total. The number of Topliss-reactive ketones (excluding diaryl/α,β-unsaturated/α-hetero) is 1. The highest BCUT2D eigenvalue weighted by Crippen LogP contribution is 2.32. The van der Waals surface area contributed by atoms with Crippen LogP contribution in [0, 0.1) is 13.8 Å². The zero-order chi connectivity index (χ0) is 25.7. The van der Waals surface area contributed by atoms with Crippen LogP contribution in [0.4, 0.5) is 0 Å². The van der Waals surface area contributed by atoms with Crippen molar-refractivity contribution in [3.8, 4) is 23.0 Å². The second kappa shape index (κ2) is 8.91. The SMILES string of the molecule is COc1cnc(-n2cnc(C)n2)c2[nH]cc(C(=O)C(O)N3CCn4c(nnc4-c4cccc(C)c4)C3)c12. The van der Waals surface area contributed by atoms with Gasteiger partial charge in [0.2, 0.25) is 5.78 Å². The molecule has 1 aliphatic rings. The molecule has 4 aromatic heterocycles. The van der Waals surface area contributed by atoms with Crippen LogP contribution in [-0.2, 0) is 13.1 Å². The smallest absolute Gasteiger partial charge is 0.208 e. The Kier molecular flexibility index (Phi) is 5.54. The quantitative estimate of drug-likeness (QED) is 0.336. The minimum absolute atomic E-state index is 0.288. The fourth-order valence-corrected chi connectivity index (χ4v) is 4.76. The number of carbonyl (C=O) groups excluding carboxylic acids is 1. The molecule has 1 aromatic carbocycles. The fourth-order valence-electron chi connectivity index (χ4n) is 4.76. The fraction of sp³-hybridized carbons (Fsp3) is 0.280. The van der Waals surface area contributed by atoms with Crippen LogP contribution in [0.3, 0.4) is 0 Å². The Morgan fingerprint density at radius 2 is 2.05 bits per heavy atom. The molecular formula is C25H25N9O3. The molecule has 0 amide bonds. The molecule has 37 heavy (non-hydrogen) atoms. The van der Waals surface area contributed by atoms with Crippen LogP contribution in [0.1, 0.15) is 27.6 Å². The van der Waals surface area contributed by atoms with Gasteiger partial charge >= 0.3 is 0 Å². The number of aromatic nitrogens is 8. The third-order valence-corrected chi connectivity index (χ3v) is 6.60. The molecule has 0 saturated heterocycles. The molecule has 0 aliphatic carbocycles. The maximum absolute atomic E-state index is 13.6. The van der Waals surface area contributed by atoms with Crippen LogP contribution >= 0.6 is 0 Å². The van der Waals surface area contributed by atoms with E-state index in [4.69, 9.17) is 4.74 Å². The first kappa shape index (κ1) is 23.0. The van der Waals surface area contributed by atoms with Crippen molar-refractivity contribution < 1.29 is 14.6 Å². The molecule has 0 bridgehead atoms. The number of fused-ring (bicyclic) bond motifs is 2. The number of methoxy groups -OCH3 is 1. The van der Waals surface area contributed by atoms with Gasteiger partial charge in [0.05, 0.1) is 36.3 Å². The van der Waals surface area contributed by atoms with E-state index in [1.807, 2.05) is 29.7 Å². The Labute approximate surface area is 211 Å². The van der Waals surface area contributed by atoms with Crippen LogP contribution in [0.25, 0.3) is 28.1 Å². The van der Waals surface area contributed by atoms with E-state index in [1.165, 1.54) is 18.0 Å². The lowest BCUT2D eigenvalue weighted by atomic mass is 10.1. The third-order valence-electron chi connectivity index (χ3n) is 6.60. The van der Waals surface area contributed by atoms with Gasteiger partial charge in [0.25, 0.3) is 0 Å². The van der Waals surface area contributed by atoms with E-state index >= 15 is 0 Å². The summed E-state index contributed by atoms with van der Waals surface area (Å²) in [5.41, 5.74) is 2.98. The van der Waals surface area contributed by atoms with Crippen LogP contribution < -0.4 is 4.74 Å². The first-order valence-electron chi connectivity index (χ1n) is 11.8. The largest absolute Gasteiger partial charge is 0.494 e. The summed E-state index contributed by atoms with van der Waals surface area (Å²) in [7, 11) is 1.51. The van der Waals surface area contributed by atoms with E-state index in [-0.39, 0.29) is 6.54 Å². The summed E-state index contributed by atoms with van der Waals surface area (Å²) in [6.45, 7) is 5.11. The van der Waals surface area contributed by atoms with Gasteiger partial charge in [-0.15, -0.1) is 10.2 Å². The zero-order valence-electron chi connectivity index (χ0n) is 20.6. The molecule has 188 valence electrons. The predicted octanol–water partition coefficient (Wildman–Crippen LogP) is 2.04. The van der Waals surface area contributed by atoms with Crippen molar-refractivity contribution in [1.82, 2.24) is 44.4 Å². The molecule has 12 nitrogen and oxygen atoms in total. The number of ether oxygens (including phenoxy) is 1. The van der Waals surface area contributed by atoms with Crippen LogP contribution in [0.15, 0.2) is 43.0 Å². The number of benzene rings is 1. The second-order valence-electron chi connectivity index (χ2n) is 9.01. The highest BCUT2D eigenvalue weighted by molar-refractivity contribution is 6.12. The number of nitrogens with zero attached hydrogens (tertiary/aromatic N) is 8. The number of rotatable bonds is 6. The maximum Gasteiger partial charge on any atom is 0.208 e. The predicted molar refractivity (Wildman–Crippen MR) is 133 cm³/mol. The standard InChI is InChI=1S/C25H25N9O3/c1-14-5-4-6-16(9-14)23-30-29-19-12-32(7-8-33(19)23)25(36)22(35)17-10-26-21-20(17)18(37-3)11-27-24(21)34-13-28-15(2)31-34/h4-6,9-11,13,25-26,36H,7-8,12H2,1-3H3. The molecule has 0 fully saturated rings. The molecule has 0 radical (unpaired) electrons. The molecule has 6 rings (SSSR count). The lowest BCUT2D eigenvalue weighted by Gasteiger charge is -2.30. The van der Waals surface area contributed by atoms with Crippen molar-refractivity contribution in [3.63, 3.8) is 0 Å². The van der Waals surface area contributed by atoms with E-state index in [0.717, 1.165) is 17.0 Å². The van der Waals surface area contributed by atoms with Crippen LogP contribution in [-0.4, -0.2) is 75.2 Å². The van der Waals surface area contributed by atoms with Crippen LogP contribution in [0.5, 0.6) is 5.75 Å². The Morgan fingerprint density at radius 3 is 2.81 bits per heavy atom. The average Bonchev–Trinajstić information content (AvgIpc) is 3.65. The number of hydrogen-bond donors (Lipinski definition) is 2. The number of nitrogens with one attached hydrogen (secondary N) is 1. The molecular weight excluding hydrogens is 474 g/mol. The van der Waals surface area contributed by atoms with Gasteiger partial charge in [-0.2, -0.15) is 5.10 Å². The molecule has 0 saturated carbocycles. The van der Waals surface area contributed by atoms with Crippen molar-refractivity contribution in [2.75, 3.05) is 13.7 Å². The first-order chi connectivity index (χ1) is 17.9. The minimum atomic E-state index is -1.37. The average molecular weight is 500 g/mol. The number of ketones is 1. The van der Waals surface area contributed by atoms with Crippen molar-refractivity contribution >= 4 is 16.7 Å². The van der Waals surface area contributed by atoms with Gasteiger partial charge in [0.15, 0.2) is 17.9 Å². The minimum Gasteiger partial charge on any atom is -0.494 e. The summed E-state index contributed by atoms with van der Waals surface area (Å²) in [4.78, 5) is 26.9. The number of pyridine rings is 1. The summed E-state index contributed by atoms with van der Waals surface area (Å²) in [5, 5.41) is 24.7. The number of aromatic amines is 1. The number of carbonyl (C=O) groups is 1. The first-order valence-corrected chi connectivity index (χ1v) is 11.8. The van der Waals surface area contributed by atoms with E-state index in [0.29, 0.717) is 52.8 Å². The van der Waals surface area contributed by atoms with E-state index in [9.17, 15) is 9.90 Å². The number of aliphatic hydroxyl groups excluding tert-OH is 1. The Morgan fingerprint density at radius 1 is 1.19 bits per heavy atom. The topological polar surface area (TPSA) is 140 Å². The normalized spacial score (nSPS) is 14.6. The molecule has 5 heterocycles. The highest BCUT2D eigenvalue weighted by atomic mass is 16.5. The molecule has 12 heteroatoms. The summed E-state index contributed by atoms with van der Waals surface area (Å²) in [6.07, 6.45) is 3.27. The zero-order valence-corrected chi connectivity index (χ0v) is 20.6. The second-order valence-corrected chi connectivity index (χ2v) is 9.01. The highest BCUT2D eigenvalue weighted by Gasteiger charge is 2.32. The van der Waals surface area contributed by atoms with E-state index in [2.05, 4.69) is 36.3 Å². The summed E-state index contributed by atoms with van der Waals surface area (Å²) in [6, 6.07) is 8.09.